The van der Waals surface area contributed by atoms with E-state index in [9.17, 15) is 5.11 Å². The Bertz CT molecular complexity index is 372. The number of nitrogens with zero attached hydrogens (tertiary/aromatic N) is 2. The second kappa shape index (κ2) is 7.06. The number of hydrogen-bond donors (Lipinski definition) is 1. The first-order chi connectivity index (χ1) is 8.96. The summed E-state index contributed by atoms with van der Waals surface area (Å²) in [5.41, 5.74) is 0.0853. The minimum atomic E-state index is -0.845. The zero-order valence-corrected chi connectivity index (χ0v) is 12.9. The van der Waals surface area contributed by atoms with Gasteiger partial charge in [-0.05, 0) is 24.8 Å². The third-order valence-corrected chi connectivity index (χ3v) is 3.94. The SMILES string of the molecule is CCC(CC)n1ccc(CC(O)(COC)C(C)C)n1. The zero-order chi connectivity index (χ0) is 14.5. The topological polar surface area (TPSA) is 47.3 Å². The molecule has 0 bridgehead atoms. The minimum Gasteiger partial charge on any atom is -0.387 e. The summed E-state index contributed by atoms with van der Waals surface area (Å²) in [5, 5.41) is 15.2. The maximum Gasteiger partial charge on any atom is 0.0958 e. The molecule has 0 radical (unpaired) electrons. The van der Waals surface area contributed by atoms with Crippen molar-refractivity contribution in [1.82, 2.24) is 9.78 Å². The van der Waals surface area contributed by atoms with Gasteiger partial charge in [0, 0.05) is 19.7 Å². The first-order valence-electron chi connectivity index (χ1n) is 7.22. The minimum absolute atomic E-state index is 0.130. The van der Waals surface area contributed by atoms with Gasteiger partial charge in [-0.15, -0.1) is 0 Å². The summed E-state index contributed by atoms with van der Waals surface area (Å²) in [6.45, 7) is 8.70. The summed E-state index contributed by atoms with van der Waals surface area (Å²) in [4.78, 5) is 0. The van der Waals surface area contributed by atoms with Gasteiger partial charge in [0.2, 0.25) is 0 Å². The highest BCUT2D eigenvalue weighted by Gasteiger charge is 2.32. The van der Waals surface area contributed by atoms with E-state index in [2.05, 4.69) is 18.9 Å². The van der Waals surface area contributed by atoms with Gasteiger partial charge in [-0.2, -0.15) is 5.10 Å². The third-order valence-electron chi connectivity index (χ3n) is 3.94. The molecule has 0 fully saturated rings. The monoisotopic (exact) mass is 268 g/mol. The average molecular weight is 268 g/mol. The average Bonchev–Trinajstić information content (AvgIpc) is 2.79. The highest BCUT2D eigenvalue weighted by atomic mass is 16.5. The van der Waals surface area contributed by atoms with Gasteiger partial charge in [0.15, 0.2) is 0 Å². The Hall–Kier alpha value is -0.870. The molecule has 1 aromatic heterocycles. The van der Waals surface area contributed by atoms with Crippen molar-refractivity contribution in [2.75, 3.05) is 13.7 Å². The van der Waals surface area contributed by atoms with Gasteiger partial charge in [-0.3, -0.25) is 4.68 Å². The van der Waals surface area contributed by atoms with E-state index in [1.165, 1.54) is 0 Å². The molecule has 0 amide bonds. The molecule has 1 heterocycles. The van der Waals surface area contributed by atoms with Crippen LogP contribution in [-0.4, -0.2) is 34.2 Å². The second-order valence-corrected chi connectivity index (χ2v) is 5.63. The highest BCUT2D eigenvalue weighted by Crippen LogP contribution is 2.23. The Kier molecular flexibility index (Phi) is 6.01. The van der Waals surface area contributed by atoms with Gasteiger partial charge in [0.05, 0.1) is 23.9 Å². The van der Waals surface area contributed by atoms with E-state index in [4.69, 9.17) is 4.74 Å². The lowest BCUT2D eigenvalue weighted by molar-refractivity contribution is -0.0644. The molecular formula is C15H28N2O2. The Morgan fingerprint density at radius 3 is 2.47 bits per heavy atom. The van der Waals surface area contributed by atoms with Crippen molar-refractivity contribution in [2.24, 2.45) is 5.92 Å². The quantitative estimate of drug-likeness (QED) is 0.788. The fourth-order valence-corrected chi connectivity index (χ4v) is 2.32. The molecule has 1 N–H and O–H groups in total. The molecule has 1 aromatic rings. The molecule has 4 nitrogen and oxygen atoms in total. The normalized spacial score (nSPS) is 15.2. The van der Waals surface area contributed by atoms with Crippen LogP contribution in [0.4, 0.5) is 0 Å². The summed E-state index contributed by atoms with van der Waals surface area (Å²) in [5.74, 6) is 0.130. The molecule has 19 heavy (non-hydrogen) atoms. The zero-order valence-electron chi connectivity index (χ0n) is 12.9. The van der Waals surface area contributed by atoms with Crippen LogP contribution in [0.5, 0.6) is 0 Å². The lowest BCUT2D eigenvalue weighted by atomic mass is 9.87. The van der Waals surface area contributed by atoms with Crippen LogP contribution in [-0.2, 0) is 11.2 Å². The van der Waals surface area contributed by atoms with Crippen LogP contribution >= 0.6 is 0 Å². The first-order valence-corrected chi connectivity index (χ1v) is 7.22. The van der Waals surface area contributed by atoms with Crippen LogP contribution in [0.1, 0.15) is 52.3 Å². The van der Waals surface area contributed by atoms with Crippen molar-refractivity contribution in [2.45, 2.75) is 58.6 Å². The van der Waals surface area contributed by atoms with Crippen molar-refractivity contribution in [1.29, 1.82) is 0 Å². The van der Waals surface area contributed by atoms with Gasteiger partial charge in [0.1, 0.15) is 0 Å². The van der Waals surface area contributed by atoms with E-state index in [-0.39, 0.29) is 5.92 Å². The van der Waals surface area contributed by atoms with E-state index in [0.29, 0.717) is 19.1 Å². The molecular weight excluding hydrogens is 240 g/mol. The van der Waals surface area contributed by atoms with E-state index in [1.807, 2.05) is 30.8 Å². The molecule has 0 saturated carbocycles. The van der Waals surface area contributed by atoms with Crippen LogP contribution in [0, 0.1) is 5.92 Å². The summed E-state index contributed by atoms with van der Waals surface area (Å²) >= 11 is 0. The Morgan fingerprint density at radius 2 is 2.00 bits per heavy atom. The fourth-order valence-electron chi connectivity index (χ4n) is 2.32. The summed E-state index contributed by atoms with van der Waals surface area (Å²) < 4.78 is 7.17. The number of aliphatic hydroxyl groups is 1. The molecule has 1 atom stereocenters. The Morgan fingerprint density at radius 1 is 1.37 bits per heavy atom. The lowest BCUT2D eigenvalue weighted by Crippen LogP contribution is -2.42. The summed E-state index contributed by atoms with van der Waals surface area (Å²) in [7, 11) is 1.62. The maximum atomic E-state index is 10.6. The van der Waals surface area contributed by atoms with Crippen molar-refractivity contribution >= 4 is 0 Å². The molecule has 110 valence electrons. The molecule has 1 unspecified atom stereocenters. The van der Waals surface area contributed by atoms with E-state index < -0.39 is 5.60 Å². The third kappa shape index (κ3) is 4.05. The van der Waals surface area contributed by atoms with E-state index >= 15 is 0 Å². The van der Waals surface area contributed by atoms with E-state index in [1.54, 1.807) is 7.11 Å². The molecule has 0 aliphatic rings. The second-order valence-electron chi connectivity index (χ2n) is 5.63. The molecule has 0 aromatic carbocycles. The number of aromatic nitrogens is 2. The highest BCUT2D eigenvalue weighted by molar-refractivity contribution is 5.05. The van der Waals surface area contributed by atoms with Crippen LogP contribution < -0.4 is 0 Å². The Balaban J connectivity index is 2.81. The van der Waals surface area contributed by atoms with Crippen molar-refractivity contribution in [3.05, 3.63) is 18.0 Å². The van der Waals surface area contributed by atoms with Crippen molar-refractivity contribution in [3.63, 3.8) is 0 Å². The van der Waals surface area contributed by atoms with Crippen LogP contribution in [0.25, 0.3) is 0 Å². The first kappa shape index (κ1) is 16.2. The lowest BCUT2D eigenvalue weighted by Gasteiger charge is -2.30. The van der Waals surface area contributed by atoms with Crippen LogP contribution in [0.15, 0.2) is 12.3 Å². The standard InChI is InChI=1S/C15H28N2O2/c1-6-14(7-2)17-9-8-13(16-17)10-15(18,11-19-5)12(3)4/h8-9,12,14,18H,6-7,10-11H2,1-5H3. The van der Waals surface area contributed by atoms with Crippen molar-refractivity contribution < 1.29 is 9.84 Å². The predicted molar refractivity (Wildman–Crippen MR) is 77.2 cm³/mol. The number of ether oxygens (including phenoxy) is 1. The van der Waals surface area contributed by atoms with Gasteiger partial charge >= 0.3 is 0 Å². The van der Waals surface area contributed by atoms with Crippen molar-refractivity contribution in [3.8, 4) is 0 Å². The molecule has 1 rings (SSSR count). The summed E-state index contributed by atoms with van der Waals surface area (Å²) in [6.07, 6.45) is 4.69. The van der Waals surface area contributed by atoms with Gasteiger partial charge < -0.3 is 9.84 Å². The summed E-state index contributed by atoms with van der Waals surface area (Å²) in [6, 6.07) is 2.45. The number of rotatable bonds is 8. The number of methoxy groups -OCH3 is 1. The fraction of sp³-hybridized carbons (Fsp3) is 0.800. The van der Waals surface area contributed by atoms with Crippen LogP contribution in [0.2, 0.25) is 0 Å². The molecule has 0 saturated heterocycles. The maximum absolute atomic E-state index is 10.6. The molecule has 0 aliphatic heterocycles. The predicted octanol–water partition coefficient (Wildman–Crippen LogP) is 2.82. The van der Waals surface area contributed by atoms with Gasteiger partial charge in [-0.25, -0.2) is 0 Å². The molecule has 4 heteroatoms. The largest absolute Gasteiger partial charge is 0.387 e. The van der Waals surface area contributed by atoms with Gasteiger partial charge in [-0.1, -0.05) is 27.7 Å². The molecule has 0 spiro atoms. The van der Waals surface area contributed by atoms with E-state index in [0.717, 1.165) is 18.5 Å². The molecule has 0 aliphatic carbocycles. The van der Waals surface area contributed by atoms with Gasteiger partial charge in [0.25, 0.3) is 0 Å². The smallest absolute Gasteiger partial charge is 0.0958 e. The Labute approximate surface area is 116 Å². The number of hydrogen-bond acceptors (Lipinski definition) is 3. The van der Waals surface area contributed by atoms with Crippen LogP contribution in [0.3, 0.4) is 0 Å².